The van der Waals surface area contributed by atoms with E-state index in [0.29, 0.717) is 6.54 Å². The fourth-order valence-electron chi connectivity index (χ4n) is 1.76. The van der Waals surface area contributed by atoms with Crippen molar-refractivity contribution in [3.8, 4) is 0 Å². The smallest absolute Gasteiger partial charge is 0.221 e. The summed E-state index contributed by atoms with van der Waals surface area (Å²) in [5, 5.41) is 2.63. The minimum atomic E-state index is -3.36. The number of carbonyl (C=O) groups is 1. The average Bonchev–Trinajstić information content (AvgIpc) is 2.41. The number of rotatable bonds is 8. The fourth-order valence-corrected chi connectivity index (χ4v) is 2.57. The lowest BCUT2D eigenvalue weighted by Crippen LogP contribution is -2.34. The normalized spacial score (nSPS) is 11.4. The van der Waals surface area contributed by atoms with Crippen molar-refractivity contribution in [2.75, 3.05) is 19.3 Å². The first kappa shape index (κ1) is 17.4. The molecule has 1 amide bonds. The van der Waals surface area contributed by atoms with E-state index in [2.05, 4.69) is 11.9 Å². The molecule has 0 spiro atoms. The Labute approximate surface area is 126 Å². The van der Waals surface area contributed by atoms with E-state index in [4.69, 9.17) is 0 Å². The quantitative estimate of drug-likeness (QED) is 0.739. The molecule has 0 unspecified atom stereocenters. The number of amides is 1. The number of aryl methyl sites for hydroxylation is 1. The molecule has 0 aromatic heterocycles. The SMILES string of the molecule is C=CCNC(=O)CCN(Cc1ccc(C)cc1)S(C)(=O)=O. The Morgan fingerprint density at radius 2 is 1.95 bits per heavy atom. The van der Waals surface area contributed by atoms with Crippen molar-refractivity contribution < 1.29 is 13.2 Å². The molecule has 6 heteroatoms. The van der Waals surface area contributed by atoms with Crippen LogP contribution >= 0.6 is 0 Å². The second-order valence-electron chi connectivity index (χ2n) is 4.92. The minimum Gasteiger partial charge on any atom is -0.353 e. The van der Waals surface area contributed by atoms with Crippen LogP contribution in [0.3, 0.4) is 0 Å². The number of carbonyl (C=O) groups excluding carboxylic acids is 1. The Balaban J connectivity index is 2.67. The topological polar surface area (TPSA) is 66.5 Å². The molecule has 0 atom stereocenters. The number of hydrogen-bond acceptors (Lipinski definition) is 3. The second kappa shape index (κ2) is 7.95. The van der Waals surface area contributed by atoms with Crippen LogP contribution in [0, 0.1) is 6.92 Å². The summed E-state index contributed by atoms with van der Waals surface area (Å²) in [4.78, 5) is 11.6. The number of hydrogen-bond donors (Lipinski definition) is 1. The van der Waals surface area contributed by atoms with Crippen LogP contribution in [0.5, 0.6) is 0 Å². The molecular weight excluding hydrogens is 288 g/mol. The van der Waals surface area contributed by atoms with E-state index in [1.165, 1.54) is 4.31 Å². The Kier molecular flexibility index (Phi) is 6.58. The van der Waals surface area contributed by atoms with E-state index in [1.807, 2.05) is 31.2 Å². The molecule has 0 fully saturated rings. The summed E-state index contributed by atoms with van der Waals surface area (Å²) < 4.78 is 24.9. The molecule has 0 radical (unpaired) electrons. The van der Waals surface area contributed by atoms with Gasteiger partial charge in [0.15, 0.2) is 0 Å². The molecule has 0 aliphatic carbocycles. The lowest BCUT2D eigenvalue weighted by molar-refractivity contribution is -0.121. The molecule has 1 N–H and O–H groups in total. The van der Waals surface area contributed by atoms with Crippen LogP contribution in [-0.2, 0) is 21.4 Å². The highest BCUT2D eigenvalue weighted by atomic mass is 32.2. The van der Waals surface area contributed by atoms with E-state index < -0.39 is 10.0 Å². The summed E-state index contributed by atoms with van der Waals surface area (Å²) in [6.45, 7) is 6.30. The first-order valence-electron chi connectivity index (χ1n) is 6.71. The van der Waals surface area contributed by atoms with Gasteiger partial charge in [-0.15, -0.1) is 6.58 Å². The molecule has 0 saturated heterocycles. The van der Waals surface area contributed by atoms with Gasteiger partial charge in [-0.05, 0) is 12.5 Å². The average molecular weight is 310 g/mol. The summed E-state index contributed by atoms with van der Waals surface area (Å²) in [6.07, 6.45) is 2.87. The number of nitrogens with zero attached hydrogens (tertiary/aromatic N) is 1. The van der Waals surface area contributed by atoms with Gasteiger partial charge in [0.2, 0.25) is 15.9 Å². The molecule has 0 bridgehead atoms. The van der Waals surface area contributed by atoms with Crippen LogP contribution in [0.4, 0.5) is 0 Å². The maximum Gasteiger partial charge on any atom is 0.221 e. The number of benzene rings is 1. The van der Waals surface area contributed by atoms with Crippen molar-refractivity contribution in [2.45, 2.75) is 19.9 Å². The molecule has 1 rings (SSSR count). The van der Waals surface area contributed by atoms with Gasteiger partial charge in [-0.25, -0.2) is 8.42 Å². The van der Waals surface area contributed by atoms with E-state index >= 15 is 0 Å². The fraction of sp³-hybridized carbons (Fsp3) is 0.400. The van der Waals surface area contributed by atoms with Crippen LogP contribution in [0.2, 0.25) is 0 Å². The Morgan fingerprint density at radius 3 is 2.48 bits per heavy atom. The van der Waals surface area contributed by atoms with Gasteiger partial charge in [0.05, 0.1) is 6.26 Å². The predicted molar refractivity (Wildman–Crippen MR) is 84.3 cm³/mol. The number of sulfonamides is 1. The van der Waals surface area contributed by atoms with Crippen LogP contribution in [0.15, 0.2) is 36.9 Å². The van der Waals surface area contributed by atoms with Crippen LogP contribution < -0.4 is 5.32 Å². The van der Waals surface area contributed by atoms with E-state index in [9.17, 15) is 13.2 Å². The number of nitrogens with one attached hydrogen (secondary N) is 1. The molecule has 1 aromatic carbocycles. The zero-order chi connectivity index (χ0) is 15.9. The monoisotopic (exact) mass is 310 g/mol. The summed E-state index contributed by atoms with van der Waals surface area (Å²) in [5.41, 5.74) is 2.02. The zero-order valence-corrected chi connectivity index (χ0v) is 13.3. The van der Waals surface area contributed by atoms with Gasteiger partial charge in [-0.3, -0.25) is 4.79 Å². The molecule has 5 nitrogen and oxygen atoms in total. The van der Waals surface area contributed by atoms with Gasteiger partial charge in [-0.1, -0.05) is 35.9 Å². The first-order valence-corrected chi connectivity index (χ1v) is 8.56. The first-order chi connectivity index (χ1) is 9.82. The Hall–Kier alpha value is -1.66. The highest BCUT2D eigenvalue weighted by Crippen LogP contribution is 2.10. The summed E-state index contributed by atoms with van der Waals surface area (Å²) in [5.74, 6) is -0.188. The lowest BCUT2D eigenvalue weighted by atomic mass is 10.1. The highest BCUT2D eigenvalue weighted by molar-refractivity contribution is 7.88. The Bertz CT molecular complexity index is 579. The van der Waals surface area contributed by atoms with Crippen LogP contribution in [0.1, 0.15) is 17.5 Å². The van der Waals surface area contributed by atoms with E-state index in [-0.39, 0.29) is 25.4 Å². The molecule has 1 aromatic rings. The Morgan fingerprint density at radius 1 is 1.33 bits per heavy atom. The van der Waals surface area contributed by atoms with Gasteiger partial charge >= 0.3 is 0 Å². The maximum atomic E-state index is 11.8. The lowest BCUT2D eigenvalue weighted by Gasteiger charge is -2.19. The molecule has 0 aliphatic rings. The van der Waals surface area contributed by atoms with E-state index in [1.54, 1.807) is 6.08 Å². The molecule has 0 aliphatic heterocycles. The summed E-state index contributed by atoms with van der Waals surface area (Å²) in [7, 11) is -3.36. The van der Waals surface area contributed by atoms with Crippen molar-refractivity contribution in [2.24, 2.45) is 0 Å². The van der Waals surface area contributed by atoms with Crippen molar-refractivity contribution in [3.63, 3.8) is 0 Å². The standard InChI is InChI=1S/C15H22N2O3S/c1-4-10-16-15(18)9-11-17(21(3,19)20)12-14-7-5-13(2)6-8-14/h4-8H,1,9-12H2,2-3H3,(H,16,18). The molecule has 0 heterocycles. The largest absolute Gasteiger partial charge is 0.353 e. The third-order valence-electron chi connectivity index (χ3n) is 2.98. The third kappa shape index (κ3) is 6.55. The van der Waals surface area contributed by atoms with Crippen molar-refractivity contribution in [1.82, 2.24) is 9.62 Å². The maximum absolute atomic E-state index is 11.8. The van der Waals surface area contributed by atoms with E-state index in [0.717, 1.165) is 17.4 Å². The molecule has 116 valence electrons. The molecule has 21 heavy (non-hydrogen) atoms. The molecule has 0 saturated carbocycles. The van der Waals surface area contributed by atoms with Gasteiger partial charge in [0, 0.05) is 26.1 Å². The van der Waals surface area contributed by atoms with Crippen molar-refractivity contribution >= 4 is 15.9 Å². The summed E-state index contributed by atoms with van der Waals surface area (Å²) >= 11 is 0. The van der Waals surface area contributed by atoms with Crippen molar-refractivity contribution in [1.29, 1.82) is 0 Å². The van der Waals surface area contributed by atoms with Gasteiger partial charge in [0.25, 0.3) is 0 Å². The minimum absolute atomic E-state index is 0.132. The highest BCUT2D eigenvalue weighted by Gasteiger charge is 2.18. The predicted octanol–water partition coefficient (Wildman–Crippen LogP) is 1.45. The van der Waals surface area contributed by atoms with Crippen LogP contribution in [0.25, 0.3) is 0 Å². The van der Waals surface area contributed by atoms with Gasteiger partial charge < -0.3 is 5.32 Å². The van der Waals surface area contributed by atoms with Crippen molar-refractivity contribution in [3.05, 3.63) is 48.0 Å². The molecular formula is C15H22N2O3S. The second-order valence-corrected chi connectivity index (χ2v) is 6.91. The van der Waals surface area contributed by atoms with Gasteiger partial charge in [-0.2, -0.15) is 4.31 Å². The zero-order valence-electron chi connectivity index (χ0n) is 12.5. The van der Waals surface area contributed by atoms with Gasteiger partial charge in [0.1, 0.15) is 0 Å². The third-order valence-corrected chi connectivity index (χ3v) is 4.23. The van der Waals surface area contributed by atoms with Crippen LogP contribution in [-0.4, -0.2) is 38.0 Å². The summed E-state index contributed by atoms with van der Waals surface area (Å²) in [6, 6.07) is 7.66.